The van der Waals surface area contributed by atoms with Crippen LogP contribution in [0.2, 0.25) is 0 Å². The maximum absolute atomic E-state index is 13.3. The number of aromatic nitrogens is 3. The third-order valence-electron chi connectivity index (χ3n) is 5.39. The molecule has 1 amide bonds. The molecule has 3 aromatic heterocycles. The molecule has 0 bridgehead atoms. The Morgan fingerprint density at radius 2 is 2.10 bits per heavy atom. The Morgan fingerprint density at radius 3 is 2.83 bits per heavy atom. The zero-order chi connectivity index (χ0) is 20.2. The van der Waals surface area contributed by atoms with E-state index in [0.29, 0.717) is 0 Å². The van der Waals surface area contributed by atoms with Crippen LogP contribution in [0.4, 0.5) is 0 Å². The maximum Gasteiger partial charge on any atom is 0.255 e. The summed E-state index contributed by atoms with van der Waals surface area (Å²) in [5.41, 5.74) is 3.79. The Morgan fingerprint density at radius 1 is 1.28 bits per heavy atom. The molecule has 1 aliphatic rings. The van der Waals surface area contributed by atoms with Crippen LogP contribution in [0.15, 0.2) is 42.2 Å². The van der Waals surface area contributed by atoms with E-state index in [1.807, 2.05) is 41.6 Å². The van der Waals surface area contributed by atoms with Crippen molar-refractivity contribution in [3.63, 3.8) is 0 Å². The quantitative estimate of drug-likeness (QED) is 0.582. The van der Waals surface area contributed by atoms with Crippen molar-refractivity contribution in [1.29, 1.82) is 0 Å². The highest BCUT2D eigenvalue weighted by atomic mass is 32.1. The van der Waals surface area contributed by atoms with Gasteiger partial charge in [0.1, 0.15) is 5.82 Å². The first-order valence-electron chi connectivity index (χ1n) is 10.3. The number of carbonyl (C=O) groups is 1. The molecule has 150 valence electrons. The van der Waals surface area contributed by atoms with E-state index < -0.39 is 0 Å². The number of thiophene rings is 1. The minimum Gasteiger partial charge on any atom is -0.330 e. The van der Waals surface area contributed by atoms with Gasteiger partial charge in [-0.1, -0.05) is 6.92 Å². The number of nitrogens with zero attached hydrogens (tertiary/aromatic N) is 4. The van der Waals surface area contributed by atoms with E-state index in [0.717, 1.165) is 71.7 Å². The molecule has 0 aromatic carbocycles. The van der Waals surface area contributed by atoms with Crippen LogP contribution >= 0.6 is 11.3 Å². The minimum atomic E-state index is -0.0294. The van der Waals surface area contributed by atoms with Crippen molar-refractivity contribution in [2.45, 2.75) is 52.0 Å². The van der Waals surface area contributed by atoms with Crippen molar-refractivity contribution in [3.05, 3.63) is 64.1 Å². The van der Waals surface area contributed by atoms with E-state index >= 15 is 0 Å². The summed E-state index contributed by atoms with van der Waals surface area (Å²) in [6.07, 6.45) is 10.4. The molecule has 0 unspecified atom stereocenters. The number of piperidine rings is 1. The molecule has 4 heterocycles. The van der Waals surface area contributed by atoms with Crippen molar-refractivity contribution in [3.8, 4) is 11.1 Å². The summed E-state index contributed by atoms with van der Waals surface area (Å²) in [6.45, 7) is 4.94. The highest BCUT2D eigenvalue weighted by Crippen LogP contribution is 2.36. The Bertz CT molecular complexity index is 986. The summed E-state index contributed by atoms with van der Waals surface area (Å²) in [5, 5.41) is 1.97. The number of hydrogen-bond donors (Lipinski definition) is 0. The first-order chi connectivity index (χ1) is 14.2. The first-order valence-corrected chi connectivity index (χ1v) is 11.2. The molecule has 5 nitrogen and oxygen atoms in total. The minimum absolute atomic E-state index is 0.0294. The number of aryl methyl sites for hydroxylation is 2. The third-order valence-corrected chi connectivity index (χ3v) is 6.25. The molecule has 6 heteroatoms. The number of hydrogen-bond acceptors (Lipinski definition) is 5. The lowest BCUT2D eigenvalue weighted by Gasteiger charge is -2.36. The summed E-state index contributed by atoms with van der Waals surface area (Å²) in [4.78, 5) is 30.2. The van der Waals surface area contributed by atoms with Gasteiger partial charge in [-0.25, -0.2) is 9.97 Å². The fourth-order valence-corrected chi connectivity index (χ4v) is 4.64. The molecular formula is C23H26N4OS. The number of likely N-dealkylation sites (tertiary alicyclic amines) is 1. The lowest BCUT2D eigenvalue weighted by Crippen LogP contribution is -2.39. The van der Waals surface area contributed by atoms with Gasteiger partial charge in [-0.05, 0) is 56.4 Å². The van der Waals surface area contributed by atoms with Crippen LogP contribution < -0.4 is 0 Å². The summed E-state index contributed by atoms with van der Waals surface area (Å²) in [7, 11) is 0. The second-order valence-corrected chi connectivity index (χ2v) is 8.64. The van der Waals surface area contributed by atoms with Crippen LogP contribution in [-0.2, 0) is 6.42 Å². The average molecular weight is 407 g/mol. The van der Waals surface area contributed by atoms with Crippen molar-refractivity contribution in [2.75, 3.05) is 6.54 Å². The summed E-state index contributed by atoms with van der Waals surface area (Å²) in [5.74, 6) is 0.958. The van der Waals surface area contributed by atoms with Crippen molar-refractivity contribution in [1.82, 2.24) is 19.9 Å². The summed E-state index contributed by atoms with van der Waals surface area (Å²) >= 11 is 1.62. The van der Waals surface area contributed by atoms with Gasteiger partial charge in [0.05, 0.1) is 17.3 Å². The fourth-order valence-electron chi connectivity index (χ4n) is 3.97. The molecule has 0 radical (unpaired) electrons. The number of amides is 1. The highest BCUT2D eigenvalue weighted by Gasteiger charge is 2.32. The van der Waals surface area contributed by atoms with E-state index in [-0.39, 0.29) is 11.9 Å². The molecule has 1 aliphatic heterocycles. The predicted molar refractivity (Wildman–Crippen MR) is 116 cm³/mol. The van der Waals surface area contributed by atoms with Crippen LogP contribution in [0.5, 0.6) is 0 Å². The highest BCUT2D eigenvalue weighted by molar-refractivity contribution is 7.10. The van der Waals surface area contributed by atoms with E-state index in [4.69, 9.17) is 4.98 Å². The number of rotatable bonds is 5. The lowest BCUT2D eigenvalue weighted by atomic mass is 9.93. The Kier molecular flexibility index (Phi) is 6.00. The first kappa shape index (κ1) is 19.7. The molecule has 0 aliphatic carbocycles. The summed E-state index contributed by atoms with van der Waals surface area (Å²) in [6, 6.07) is 5.93. The largest absolute Gasteiger partial charge is 0.330 e. The van der Waals surface area contributed by atoms with E-state index in [1.54, 1.807) is 23.7 Å². The van der Waals surface area contributed by atoms with Gasteiger partial charge in [0.2, 0.25) is 0 Å². The predicted octanol–water partition coefficient (Wildman–Crippen LogP) is 5.23. The van der Waals surface area contributed by atoms with Gasteiger partial charge in [0.15, 0.2) is 0 Å². The van der Waals surface area contributed by atoms with Crippen LogP contribution in [0.3, 0.4) is 0 Å². The number of carbonyl (C=O) groups excluding carboxylic acids is 1. The molecule has 1 atom stereocenters. The van der Waals surface area contributed by atoms with Gasteiger partial charge >= 0.3 is 0 Å². The van der Waals surface area contributed by atoms with E-state index in [9.17, 15) is 4.79 Å². The van der Waals surface area contributed by atoms with Gasteiger partial charge < -0.3 is 4.90 Å². The monoisotopic (exact) mass is 406 g/mol. The van der Waals surface area contributed by atoms with Gasteiger partial charge in [-0.15, -0.1) is 11.3 Å². The topological polar surface area (TPSA) is 59.0 Å². The zero-order valence-corrected chi connectivity index (χ0v) is 17.8. The average Bonchev–Trinajstić information content (AvgIpc) is 3.20. The molecule has 29 heavy (non-hydrogen) atoms. The standard InChI is InChI=1S/C23H26N4OS/c1-3-6-21-25-14-19(17-8-10-24-11-9-17)22(26-21)20-7-4-5-12-27(20)23(28)18-13-16(2)29-15-18/h8-11,13-15,20H,3-7,12H2,1-2H3/t20-/m0/s1. The van der Waals surface area contributed by atoms with Crippen molar-refractivity contribution in [2.24, 2.45) is 0 Å². The zero-order valence-electron chi connectivity index (χ0n) is 17.0. The molecule has 0 saturated carbocycles. The Balaban J connectivity index is 1.77. The molecule has 4 rings (SSSR count). The molecule has 0 spiro atoms. The third kappa shape index (κ3) is 4.22. The molecule has 3 aromatic rings. The van der Waals surface area contributed by atoms with Gasteiger partial charge in [-0.2, -0.15) is 0 Å². The van der Waals surface area contributed by atoms with E-state index in [1.165, 1.54) is 0 Å². The maximum atomic E-state index is 13.3. The second-order valence-electron chi connectivity index (χ2n) is 7.53. The molecular weight excluding hydrogens is 380 g/mol. The van der Waals surface area contributed by atoms with Crippen LogP contribution in [-0.4, -0.2) is 32.3 Å². The van der Waals surface area contributed by atoms with Gasteiger partial charge in [0, 0.05) is 47.4 Å². The molecule has 0 N–H and O–H groups in total. The SMILES string of the molecule is CCCc1ncc(-c2ccncc2)c([C@@H]2CCCCN2C(=O)c2csc(C)c2)n1. The van der Waals surface area contributed by atoms with Crippen molar-refractivity contribution >= 4 is 17.2 Å². The second kappa shape index (κ2) is 8.82. The van der Waals surface area contributed by atoms with Crippen LogP contribution in [0, 0.1) is 6.92 Å². The Labute approximate surface area is 175 Å². The smallest absolute Gasteiger partial charge is 0.255 e. The van der Waals surface area contributed by atoms with Gasteiger partial charge in [-0.3, -0.25) is 9.78 Å². The van der Waals surface area contributed by atoms with Crippen LogP contribution in [0.25, 0.3) is 11.1 Å². The molecule has 1 saturated heterocycles. The molecule has 1 fully saturated rings. The van der Waals surface area contributed by atoms with E-state index in [2.05, 4.69) is 16.9 Å². The summed E-state index contributed by atoms with van der Waals surface area (Å²) < 4.78 is 0. The lowest BCUT2D eigenvalue weighted by molar-refractivity contribution is 0.0607. The van der Waals surface area contributed by atoms with Crippen LogP contribution in [0.1, 0.15) is 65.4 Å². The number of pyridine rings is 1. The van der Waals surface area contributed by atoms with Crippen molar-refractivity contribution < 1.29 is 4.79 Å². The normalized spacial score (nSPS) is 16.8. The Hall–Kier alpha value is -2.60. The van der Waals surface area contributed by atoms with Gasteiger partial charge in [0.25, 0.3) is 5.91 Å². The fraction of sp³-hybridized carbons (Fsp3) is 0.391.